The van der Waals surface area contributed by atoms with Gasteiger partial charge >= 0.3 is 6.03 Å². The van der Waals surface area contributed by atoms with E-state index in [2.05, 4.69) is 16.0 Å². The van der Waals surface area contributed by atoms with Crippen LogP contribution in [-0.2, 0) is 6.54 Å². The first-order valence-corrected chi connectivity index (χ1v) is 7.32. The Bertz CT molecular complexity index is 635. The summed E-state index contributed by atoms with van der Waals surface area (Å²) in [5.41, 5.74) is 1.53. The van der Waals surface area contributed by atoms with Crippen LogP contribution >= 0.6 is 11.3 Å². The predicted octanol–water partition coefficient (Wildman–Crippen LogP) is 2.74. The summed E-state index contributed by atoms with van der Waals surface area (Å²) < 4.78 is 0. The van der Waals surface area contributed by atoms with Crippen molar-refractivity contribution < 1.29 is 9.59 Å². The Kier molecular flexibility index (Phi) is 4.94. The second-order valence-electron chi connectivity index (χ2n) is 4.49. The van der Waals surface area contributed by atoms with E-state index in [1.165, 1.54) is 11.3 Å². The molecule has 3 N–H and O–H groups in total. The maximum Gasteiger partial charge on any atom is 0.320 e. The third-order valence-corrected chi connectivity index (χ3v) is 3.79. The molecular weight excluding hydrogens is 286 g/mol. The van der Waals surface area contributed by atoms with Gasteiger partial charge in [-0.1, -0.05) is 12.1 Å². The number of nitrogens with one attached hydrogen (secondary N) is 3. The predicted molar refractivity (Wildman–Crippen MR) is 84.7 cm³/mol. The van der Waals surface area contributed by atoms with Crippen molar-refractivity contribution in [3.05, 3.63) is 52.4 Å². The highest BCUT2D eigenvalue weighted by molar-refractivity contribution is 7.16. The molecule has 0 bridgehead atoms. The van der Waals surface area contributed by atoms with Crippen molar-refractivity contribution in [3.8, 4) is 0 Å². The second kappa shape index (κ2) is 6.90. The van der Waals surface area contributed by atoms with Crippen molar-refractivity contribution in [2.45, 2.75) is 13.5 Å². The lowest BCUT2D eigenvalue weighted by atomic mass is 10.1. The summed E-state index contributed by atoms with van der Waals surface area (Å²) in [5, 5.41) is 8.93. The molecule has 0 aliphatic rings. The zero-order valence-electron chi connectivity index (χ0n) is 11.9. The molecule has 0 radical (unpaired) electrons. The van der Waals surface area contributed by atoms with E-state index in [4.69, 9.17) is 0 Å². The first-order valence-electron chi connectivity index (χ1n) is 6.51. The minimum atomic E-state index is -0.243. The number of hydrogen-bond donors (Lipinski definition) is 3. The Balaban J connectivity index is 1.85. The van der Waals surface area contributed by atoms with Crippen LogP contribution in [0.25, 0.3) is 0 Å². The Morgan fingerprint density at radius 2 is 1.81 bits per heavy atom. The Labute approximate surface area is 127 Å². The van der Waals surface area contributed by atoms with Crippen molar-refractivity contribution in [1.82, 2.24) is 10.6 Å². The molecule has 6 heteroatoms. The van der Waals surface area contributed by atoms with Crippen LogP contribution in [0.1, 0.15) is 20.8 Å². The number of amides is 3. The summed E-state index contributed by atoms with van der Waals surface area (Å²) in [6, 6.07) is 10.7. The number of benzene rings is 1. The number of urea groups is 1. The molecule has 0 fully saturated rings. The van der Waals surface area contributed by atoms with Gasteiger partial charge in [-0.15, -0.1) is 11.3 Å². The minimum Gasteiger partial charge on any atom is -0.355 e. The van der Waals surface area contributed by atoms with Crippen molar-refractivity contribution >= 4 is 28.3 Å². The minimum absolute atomic E-state index is 0.125. The standard InChI is InChI=1S/C15H17N3O2S/c1-10-3-8-13(21-10)18-15(20)17-9-11-4-6-12(7-5-11)14(19)16-2/h3-8H,9H2,1-2H3,(H,16,19)(H2,17,18,20). The van der Waals surface area contributed by atoms with E-state index in [-0.39, 0.29) is 11.9 Å². The van der Waals surface area contributed by atoms with Crippen LogP contribution in [0.4, 0.5) is 9.80 Å². The molecule has 0 aliphatic heterocycles. The van der Waals surface area contributed by atoms with Crippen LogP contribution in [0, 0.1) is 6.92 Å². The highest BCUT2D eigenvalue weighted by Crippen LogP contribution is 2.20. The number of rotatable bonds is 4. The fourth-order valence-electron chi connectivity index (χ4n) is 1.76. The number of hydrogen-bond acceptors (Lipinski definition) is 3. The molecule has 1 aromatic carbocycles. The van der Waals surface area contributed by atoms with Crippen molar-refractivity contribution in [3.63, 3.8) is 0 Å². The molecule has 110 valence electrons. The summed E-state index contributed by atoms with van der Waals surface area (Å²) in [6.07, 6.45) is 0. The zero-order chi connectivity index (χ0) is 15.2. The molecule has 0 aliphatic carbocycles. The molecule has 3 amide bonds. The molecule has 0 saturated carbocycles. The number of thiophene rings is 1. The van der Waals surface area contributed by atoms with Crippen LogP contribution in [-0.4, -0.2) is 19.0 Å². The summed E-state index contributed by atoms with van der Waals surface area (Å²) in [7, 11) is 1.59. The van der Waals surface area contributed by atoms with Crippen LogP contribution in [0.5, 0.6) is 0 Å². The molecular formula is C15H17N3O2S. The number of anilines is 1. The van der Waals surface area contributed by atoms with Gasteiger partial charge in [0.1, 0.15) is 0 Å². The van der Waals surface area contributed by atoms with Gasteiger partial charge in [0, 0.05) is 24.0 Å². The van der Waals surface area contributed by atoms with E-state index in [9.17, 15) is 9.59 Å². The maximum absolute atomic E-state index is 11.7. The summed E-state index contributed by atoms with van der Waals surface area (Å²) in [4.78, 5) is 24.3. The normalized spacial score (nSPS) is 10.0. The molecule has 2 aromatic rings. The average Bonchev–Trinajstić information content (AvgIpc) is 2.90. The average molecular weight is 303 g/mol. The Morgan fingerprint density at radius 3 is 2.38 bits per heavy atom. The van der Waals surface area contributed by atoms with Gasteiger partial charge in [-0.25, -0.2) is 4.79 Å². The summed E-state index contributed by atoms with van der Waals surface area (Å²) in [5.74, 6) is -0.125. The molecule has 2 rings (SSSR count). The van der Waals surface area contributed by atoms with Gasteiger partial charge in [-0.05, 0) is 36.8 Å². The van der Waals surface area contributed by atoms with Gasteiger partial charge in [-0.2, -0.15) is 0 Å². The highest BCUT2D eigenvalue weighted by atomic mass is 32.1. The van der Waals surface area contributed by atoms with E-state index in [0.29, 0.717) is 12.1 Å². The third kappa shape index (κ3) is 4.32. The Morgan fingerprint density at radius 1 is 1.10 bits per heavy atom. The largest absolute Gasteiger partial charge is 0.355 e. The van der Waals surface area contributed by atoms with E-state index in [0.717, 1.165) is 15.4 Å². The van der Waals surface area contributed by atoms with Gasteiger partial charge in [0.2, 0.25) is 0 Å². The second-order valence-corrected chi connectivity index (χ2v) is 5.78. The molecule has 5 nitrogen and oxygen atoms in total. The van der Waals surface area contributed by atoms with E-state index in [1.807, 2.05) is 31.2 Å². The smallest absolute Gasteiger partial charge is 0.320 e. The molecule has 21 heavy (non-hydrogen) atoms. The van der Waals surface area contributed by atoms with Gasteiger partial charge < -0.3 is 10.6 Å². The van der Waals surface area contributed by atoms with Gasteiger partial charge in [-0.3, -0.25) is 10.1 Å². The van der Waals surface area contributed by atoms with Gasteiger partial charge in [0.05, 0.1) is 5.00 Å². The van der Waals surface area contributed by atoms with Crippen LogP contribution in [0.15, 0.2) is 36.4 Å². The van der Waals surface area contributed by atoms with Crippen LogP contribution in [0.3, 0.4) is 0 Å². The highest BCUT2D eigenvalue weighted by Gasteiger charge is 2.05. The summed E-state index contributed by atoms with van der Waals surface area (Å²) >= 11 is 1.53. The number of carbonyl (C=O) groups is 2. The lowest BCUT2D eigenvalue weighted by Gasteiger charge is -2.07. The number of aryl methyl sites for hydroxylation is 1. The number of carbonyl (C=O) groups excluding carboxylic acids is 2. The fraction of sp³-hybridized carbons (Fsp3) is 0.200. The molecule has 1 heterocycles. The van der Waals surface area contributed by atoms with Gasteiger partial charge in [0.15, 0.2) is 0 Å². The van der Waals surface area contributed by atoms with Crippen molar-refractivity contribution in [1.29, 1.82) is 0 Å². The summed E-state index contributed by atoms with van der Waals surface area (Å²) in [6.45, 7) is 2.39. The first kappa shape index (κ1) is 15.1. The van der Waals surface area contributed by atoms with E-state index < -0.39 is 0 Å². The Hall–Kier alpha value is -2.34. The zero-order valence-corrected chi connectivity index (χ0v) is 12.7. The monoisotopic (exact) mass is 303 g/mol. The van der Waals surface area contributed by atoms with Crippen LogP contribution in [0.2, 0.25) is 0 Å². The fourth-order valence-corrected chi connectivity index (χ4v) is 2.52. The lowest BCUT2D eigenvalue weighted by Crippen LogP contribution is -2.27. The van der Waals surface area contributed by atoms with Crippen molar-refractivity contribution in [2.24, 2.45) is 0 Å². The quantitative estimate of drug-likeness (QED) is 0.813. The topological polar surface area (TPSA) is 70.2 Å². The molecule has 1 aromatic heterocycles. The molecule has 0 unspecified atom stereocenters. The maximum atomic E-state index is 11.7. The third-order valence-electron chi connectivity index (χ3n) is 2.87. The molecule has 0 spiro atoms. The van der Waals surface area contributed by atoms with E-state index >= 15 is 0 Å². The van der Waals surface area contributed by atoms with Crippen molar-refractivity contribution in [2.75, 3.05) is 12.4 Å². The molecule has 0 atom stereocenters. The SMILES string of the molecule is CNC(=O)c1ccc(CNC(=O)Nc2ccc(C)s2)cc1. The first-order chi connectivity index (χ1) is 10.1. The van der Waals surface area contributed by atoms with Gasteiger partial charge in [0.25, 0.3) is 5.91 Å². The molecule has 0 saturated heterocycles. The van der Waals surface area contributed by atoms with E-state index in [1.54, 1.807) is 19.2 Å². The van der Waals surface area contributed by atoms with Crippen LogP contribution < -0.4 is 16.0 Å². The lowest BCUT2D eigenvalue weighted by molar-refractivity contribution is 0.0963.